The maximum atomic E-state index is 12.0. The first-order valence-electron chi connectivity index (χ1n) is 7.07. The number of aliphatic carboxylic acids is 1. The molecule has 1 unspecified atom stereocenters. The van der Waals surface area contributed by atoms with Crippen LogP contribution in [0, 0.1) is 0 Å². The first kappa shape index (κ1) is 13.6. The first-order chi connectivity index (χ1) is 10.2. The molecule has 4 nitrogen and oxygen atoms in total. The summed E-state index contributed by atoms with van der Waals surface area (Å²) in [4.78, 5) is 16.0. The molecule has 0 radical (unpaired) electrons. The Labute approximate surface area is 123 Å². The van der Waals surface area contributed by atoms with E-state index >= 15 is 0 Å². The van der Waals surface area contributed by atoms with E-state index in [1.165, 1.54) is 0 Å². The molecule has 0 saturated carbocycles. The van der Waals surface area contributed by atoms with Gasteiger partial charge in [0.25, 0.3) is 0 Å². The van der Waals surface area contributed by atoms with Crippen LogP contribution in [0.15, 0.2) is 48.8 Å². The lowest BCUT2D eigenvalue weighted by Gasteiger charge is -2.35. The van der Waals surface area contributed by atoms with Gasteiger partial charge in [-0.3, -0.25) is 9.78 Å². The van der Waals surface area contributed by atoms with Gasteiger partial charge in [-0.15, -0.1) is 0 Å². The summed E-state index contributed by atoms with van der Waals surface area (Å²) in [6, 6.07) is 11.3. The van der Waals surface area contributed by atoms with E-state index < -0.39 is 11.4 Å². The fourth-order valence-corrected chi connectivity index (χ4v) is 2.95. The number of hydrogen-bond donors (Lipinski definition) is 1. The fraction of sp³-hybridized carbons (Fsp3) is 0.294. The smallest absolute Gasteiger partial charge is 0.314 e. The van der Waals surface area contributed by atoms with Gasteiger partial charge in [-0.2, -0.15) is 0 Å². The number of pyridine rings is 1. The number of carboxylic acid groups (broad SMARTS) is 1. The van der Waals surface area contributed by atoms with Crippen LogP contribution in [0.1, 0.15) is 24.0 Å². The molecule has 1 aromatic carbocycles. The third kappa shape index (κ3) is 2.49. The molecule has 3 rings (SSSR count). The van der Waals surface area contributed by atoms with Crippen LogP contribution >= 0.6 is 0 Å². The van der Waals surface area contributed by atoms with E-state index in [-0.39, 0.29) is 0 Å². The number of carboxylic acids is 1. The van der Waals surface area contributed by atoms with Crippen LogP contribution in [0.4, 0.5) is 0 Å². The third-order valence-corrected chi connectivity index (χ3v) is 4.19. The molecular formula is C17H17NO3. The van der Waals surface area contributed by atoms with Crippen molar-refractivity contribution in [2.75, 3.05) is 6.61 Å². The Hall–Kier alpha value is -2.36. The number of hydrogen-bond acceptors (Lipinski definition) is 3. The van der Waals surface area contributed by atoms with Gasteiger partial charge >= 0.3 is 5.97 Å². The molecule has 2 aromatic rings. The molecule has 1 aliphatic heterocycles. The Morgan fingerprint density at radius 1 is 1.24 bits per heavy atom. The number of ether oxygens (including phenoxy) is 1. The largest absolute Gasteiger partial charge is 0.493 e. The van der Waals surface area contributed by atoms with Crippen LogP contribution in [0.25, 0.3) is 0 Å². The molecule has 2 heterocycles. The number of para-hydroxylation sites is 1. The third-order valence-electron chi connectivity index (χ3n) is 4.19. The van der Waals surface area contributed by atoms with Gasteiger partial charge in [0.05, 0.1) is 12.0 Å². The van der Waals surface area contributed by atoms with Crippen LogP contribution in [-0.4, -0.2) is 22.7 Å². The molecule has 1 aromatic heterocycles. The van der Waals surface area contributed by atoms with Crippen molar-refractivity contribution in [3.05, 3.63) is 59.9 Å². The van der Waals surface area contributed by atoms with Gasteiger partial charge in [0.15, 0.2) is 0 Å². The molecule has 21 heavy (non-hydrogen) atoms. The zero-order valence-corrected chi connectivity index (χ0v) is 11.7. The van der Waals surface area contributed by atoms with Crippen LogP contribution in [0.3, 0.4) is 0 Å². The predicted octanol–water partition coefficient (Wildman–Crippen LogP) is 2.82. The number of fused-ring (bicyclic) bond motifs is 1. The highest BCUT2D eigenvalue weighted by atomic mass is 16.5. The molecule has 1 N–H and O–H groups in total. The average Bonchev–Trinajstić information content (AvgIpc) is 2.53. The molecule has 108 valence electrons. The van der Waals surface area contributed by atoms with Gasteiger partial charge in [-0.05, 0) is 36.6 Å². The second-order valence-corrected chi connectivity index (χ2v) is 5.34. The summed E-state index contributed by atoms with van der Waals surface area (Å²) in [7, 11) is 0. The molecule has 0 spiro atoms. The van der Waals surface area contributed by atoms with Crippen molar-refractivity contribution in [2.45, 2.75) is 24.7 Å². The molecule has 4 heteroatoms. The lowest BCUT2D eigenvalue weighted by molar-refractivity contribution is -0.145. The molecule has 1 atom stereocenters. The van der Waals surface area contributed by atoms with Crippen LogP contribution in [-0.2, 0) is 16.6 Å². The van der Waals surface area contributed by atoms with Gasteiger partial charge in [0, 0.05) is 24.4 Å². The van der Waals surface area contributed by atoms with Gasteiger partial charge in [0.2, 0.25) is 0 Å². The van der Waals surface area contributed by atoms with E-state index in [0.29, 0.717) is 31.6 Å². The Balaban J connectivity index is 1.93. The van der Waals surface area contributed by atoms with Crippen molar-refractivity contribution in [3.63, 3.8) is 0 Å². The summed E-state index contributed by atoms with van der Waals surface area (Å²) in [5, 5.41) is 9.85. The minimum absolute atomic E-state index is 0.444. The summed E-state index contributed by atoms with van der Waals surface area (Å²) in [5.41, 5.74) is 1.03. The molecule has 0 fully saturated rings. The number of nitrogens with zero attached hydrogens (tertiary/aromatic N) is 1. The van der Waals surface area contributed by atoms with Crippen molar-refractivity contribution < 1.29 is 14.6 Å². The normalized spacial score (nSPS) is 20.4. The molecule has 0 saturated heterocycles. The molecule has 0 bridgehead atoms. The van der Waals surface area contributed by atoms with Crippen molar-refractivity contribution >= 4 is 5.97 Å². The predicted molar refractivity (Wildman–Crippen MR) is 78.4 cm³/mol. The Morgan fingerprint density at radius 3 is 2.76 bits per heavy atom. The minimum Gasteiger partial charge on any atom is -0.493 e. The van der Waals surface area contributed by atoms with Crippen LogP contribution in [0.2, 0.25) is 0 Å². The maximum Gasteiger partial charge on any atom is 0.314 e. The van der Waals surface area contributed by atoms with E-state index in [9.17, 15) is 9.90 Å². The maximum absolute atomic E-state index is 12.0. The van der Waals surface area contributed by atoms with Gasteiger partial charge in [-0.1, -0.05) is 18.2 Å². The standard InChI is InChI=1S/C17H17NO3/c19-16(20)17(8-5-13-6-10-18-11-7-13)9-12-21-15-4-2-1-3-14(15)17/h1-4,6-7,10-11H,5,8-9,12H2,(H,19,20). The van der Waals surface area contributed by atoms with Gasteiger partial charge in [0.1, 0.15) is 5.75 Å². The lowest BCUT2D eigenvalue weighted by Crippen LogP contribution is -2.41. The summed E-state index contributed by atoms with van der Waals surface area (Å²) in [6.07, 6.45) is 5.25. The molecule has 0 aliphatic carbocycles. The monoisotopic (exact) mass is 283 g/mol. The Morgan fingerprint density at radius 2 is 2.00 bits per heavy atom. The summed E-state index contributed by atoms with van der Waals surface area (Å²) < 4.78 is 5.61. The van der Waals surface area contributed by atoms with E-state index in [2.05, 4.69) is 4.98 Å². The zero-order valence-electron chi connectivity index (χ0n) is 11.7. The van der Waals surface area contributed by atoms with E-state index in [1.807, 2.05) is 36.4 Å². The quantitative estimate of drug-likeness (QED) is 0.937. The van der Waals surface area contributed by atoms with Crippen LogP contribution in [0.5, 0.6) is 5.75 Å². The SMILES string of the molecule is O=C(O)C1(CCc2ccncc2)CCOc2ccccc21. The molecule has 1 aliphatic rings. The van der Waals surface area contributed by atoms with Crippen molar-refractivity contribution in [1.82, 2.24) is 4.98 Å². The molecule has 0 amide bonds. The van der Waals surface area contributed by atoms with Gasteiger partial charge in [-0.25, -0.2) is 0 Å². The second kappa shape index (κ2) is 5.56. The van der Waals surface area contributed by atoms with Crippen molar-refractivity contribution in [3.8, 4) is 5.75 Å². The number of aryl methyl sites for hydroxylation is 1. The van der Waals surface area contributed by atoms with Crippen LogP contribution < -0.4 is 4.74 Å². The summed E-state index contributed by atoms with van der Waals surface area (Å²) in [5.74, 6) is -0.0758. The number of rotatable bonds is 4. The Bertz CT molecular complexity index is 641. The Kier molecular flexibility index (Phi) is 3.60. The van der Waals surface area contributed by atoms with E-state index in [4.69, 9.17) is 4.74 Å². The second-order valence-electron chi connectivity index (χ2n) is 5.34. The highest BCUT2D eigenvalue weighted by molar-refractivity contribution is 5.83. The van der Waals surface area contributed by atoms with Gasteiger partial charge < -0.3 is 9.84 Å². The van der Waals surface area contributed by atoms with E-state index in [0.717, 1.165) is 11.1 Å². The van der Waals surface area contributed by atoms with Crippen molar-refractivity contribution in [1.29, 1.82) is 0 Å². The minimum atomic E-state index is -0.863. The average molecular weight is 283 g/mol. The number of carbonyl (C=O) groups is 1. The highest BCUT2D eigenvalue weighted by Crippen LogP contribution is 2.42. The number of benzene rings is 1. The summed E-state index contributed by atoms with van der Waals surface area (Å²) >= 11 is 0. The summed E-state index contributed by atoms with van der Waals surface area (Å²) in [6.45, 7) is 0.444. The topological polar surface area (TPSA) is 59.4 Å². The highest BCUT2D eigenvalue weighted by Gasteiger charge is 2.44. The molecular weight excluding hydrogens is 266 g/mol. The zero-order chi connectivity index (χ0) is 14.7. The lowest BCUT2D eigenvalue weighted by atomic mass is 9.72. The van der Waals surface area contributed by atoms with E-state index in [1.54, 1.807) is 12.4 Å². The fourth-order valence-electron chi connectivity index (χ4n) is 2.95. The first-order valence-corrected chi connectivity index (χ1v) is 7.07. The van der Waals surface area contributed by atoms with Crippen molar-refractivity contribution in [2.24, 2.45) is 0 Å². The number of aromatic nitrogens is 1.